The monoisotopic (exact) mass is 330 g/mol. The number of carboxylic acids is 1. The molecule has 4 nitrogen and oxygen atoms in total. The summed E-state index contributed by atoms with van der Waals surface area (Å²) in [5, 5.41) is 8.21. The average Bonchev–Trinajstić information content (AvgIpc) is 2.51. The Morgan fingerprint density at radius 1 is 0.870 bits per heavy atom. The molecule has 0 bridgehead atoms. The summed E-state index contributed by atoms with van der Waals surface area (Å²) in [6.07, 6.45) is 11.0. The molecule has 0 aliphatic heterocycles. The van der Waals surface area contributed by atoms with Crippen molar-refractivity contribution in [2.24, 2.45) is 5.41 Å². The molecule has 0 amide bonds. The predicted molar refractivity (Wildman–Crippen MR) is 95.6 cm³/mol. The van der Waals surface area contributed by atoms with Gasteiger partial charge in [-0.15, -0.1) is 0 Å². The van der Waals surface area contributed by atoms with Crippen LogP contribution in [0.5, 0.6) is 0 Å². The largest absolute Gasteiger partial charge is 0.481 e. The second kappa shape index (κ2) is 15.8. The number of ether oxygens (including phenoxy) is 1. The molecule has 0 rings (SSSR count). The Bertz CT molecular complexity index is 302. The molecule has 0 aromatic rings. The van der Waals surface area contributed by atoms with Crippen LogP contribution in [0.4, 0.5) is 0 Å². The van der Waals surface area contributed by atoms with Gasteiger partial charge in [0.15, 0.2) is 0 Å². The number of unbranched alkanes of at least 4 members (excludes halogenated alkanes) is 5. The summed E-state index contributed by atoms with van der Waals surface area (Å²) in [6.45, 7) is 8.43. The van der Waals surface area contributed by atoms with Crippen LogP contribution < -0.4 is 0 Å². The molecule has 0 radical (unpaired) electrons. The molecule has 4 heteroatoms. The number of esters is 1. The minimum absolute atomic E-state index is 0.0459. The smallest absolute Gasteiger partial charge is 0.311 e. The van der Waals surface area contributed by atoms with Gasteiger partial charge in [-0.3, -0.25) is 9.59 Å². The standard InChI is InChI=1S/C12H24O2.C7H14O2/c1-5-7-8-10-12(3,9-6-2)11(13)14-4;1-2-3-4-5-6-7(8)9/h5-10H2,1-4H3;2-6H2,1H3,(H,8,9). The zero-order chi connectivity index (χ0) is 18.1. The maximum Gasteiger partial charge on any atom is 0.311 e. The lowest BCUT2D eigenvalue weighted by atomic mass is 9.80. The number of carbonyl (C=O) groups is 2. The molecule has 23 heavy (non-hydrogen) atoms. The molecule has 1 unspecified atom stereocenters. The SMILES string of the molecule is CCCCCC(C)(CCC)C(=O)OC.CCCCCCC(=O)O. The number of rotatable bonds is 12. The highest BCUT2D eigenvalue weighted by molar-refractivity contribution is 5.76. The molecule has 0 saturated heterocycles. The van der Waals surface area contributed by atoms with Gasteiger partial charge in [-0.05, 0) is 26.2 Å². The third-order valence-corrected chi connectivity index (χ3v) is 4.06. The van der Waals surface area contributed by atoms with Gasteiger partial charge >= 0.3 is 11.9 Å². The van der Waals surface area contributed by atoms with Crippen molar-refractivity contribution in [1.82, 2.24) is 0 Å². The summed E-state index contributed by atoms with van der Waals surface area (Å²) in [5.74, 6) is -0.721. The Labute approximate surface area is 143 Å². The van der Waals surface area contributed by atoms with Gasteiger partial charge in [-0.2, -0.15) is 0 Å². The number of hydrogen-bond acceptors (Lipinski definition) is 3. The minimum atomic E-state index is -0.675. The van der Waals surface area contributed by atoms with Gasteiger partial charge in [-0.25, -0.2) is 0 Å². The zero-order valence-electron chi connectivity index (χ0n) is 16.0. The first-order valence-electron chi connectivity index (χ1n) is 9.18. The maximum atomic E-state index is 11.6. The maximum absolute atomic E-state index is 11.6. The summed E-state index contributed by atoms with van der Waals surface area (Å²) in [7, 11) is 1.48. The van der Waals surface area contributed by atoms with Gasteiger partial charge in [0.25, 0.3) is 0 Å². The van der Waals surface area contributed by atoms with Crippen LogP contribution in [0, 0.1) is 5.41 Å². The first kappa shape index (κ1) is 24.2. The van der Waals surface area contributed by atoms with Crippen LogP contribution in [-0.4, -0.2) is 24.2 Å². The van der Waals surface area contributed by atoms with Gasteiger partial charge in [0.05, 0.1) is 12.5 Å². The molecule has 0 aromatic carbocycles. The van der Waals surface area contributed by atoms with Crippen molar-refractivity contribution < 1.29 is 19.4 Å². The molecule has 1 N–H and O–H groups in total. The van der Waals surface area contributed by atoms with E-state index in [1.165, 1.54) is 26.4 Å². The zero-order valence-corrected chi connectivity index (χ0v) is 16.0. The van der Waals surface area contributed by atoms with E-state index in [1.807, 2.05) is 6.92 Å². The summed E-state index contributed by atoms with van der Waals surface area (Å²) < 4.78 is 4.86. The average molecular weight is 331 g/mol. The van der Waals surface area contributed by atoms with Crippen molar-refractivity contribution in [2.75, 3.05) is 7.11 Å². The number of hydrogen-bond donors (Lipinski definition) is 1. The normalized spacial score (nSPS) is 12.7. The van der Waals surface area contributed by atoms with E-state index in [2.05, 4.69) is 20.8 Å². The van der Waals surface area contributed by atoms with Gasteiger partial charge < -0.3 is 9.84 Å². The van der Waals surface area contributed by atoms with Crippen LogP contribution in [-0.2, 0) is 14.3 Å². The lowest BCUT2D eigenvalue weighted by molar-refractivity contribution is -0.152. The molecule has 0 spiro atoms. The van der Waals surface area contributed by atoms with Crippen LogP contribution in [0.2, 0.25) is 0 Å². The Kier molecular flexibility index (Phi) is 16.6. The predicted octanol–water partition coefficient (Wildman–Crippen LogP) is 5.59. The van der Waals surface area contributed by atoms with E-state index in [4.69, 9.17) is 9.84 Å². The molecule has 138 valence electrons. The van der Waals surface area contributed by atoms with E-state index in [1.54, 1.807) is 0 Å². The second-order valence-electron chi connectivity index (χ2n) is 6.46. The summed E-state index contributed by atoms with van der Waals surface area (Å²) in [4.78, 5) is 21.6. The summed E-state index contributed by atoms with van der Waals surface area (Å²) >= 11 is 0. The number of carbonyl (C=O) groups excluding carboxylic acids is 1. The fourth-order valence-corrected chi connectivity index (χ4v) is 2.60. The highest BCUT2D eigenvalue weighted by Gasteiger charge is 2.32. The number of aliphatic carboxylic acids is 1. The van der Waals surface area contributed by atoms with Crippen LogP contribution in [0.1, 0.15) is 98.3 Å². The van der Waals surface area contributed by atoms with Crippen molar-refractivity contribution >= 4 is 11.9 Å². The van der Waals surface area contributed by atoms with Crippen LogP contribution in [0.25, 0.3) is 0 Å². The third-order valence-electron chi connectivity index (χ3n) is 4.06. The fourth-order valence-electron chi connectivity index (χ4n) is 2.60. The summed E-state index contributed by atoms with van der Waals surface area (Å²) in [5.41, 5.74) is -0.251. The molecule has 0 aliphatic rings. The van der Waals surface area contributed by atoms with Crippen molar-refractivity contribution in [3.05, 3.63) is 0 Å². The van der Waals surface area contributed by atoms with Crippen molar-refractivity contribution in [1.29, 1.82) is 0 Å². The van der Waals surface area contributed by atoms with E-state index >= 15 is 0 Å². The summed E-state index contributed by atoms with van der Waals surface area (Å²) in [6, 6.07) is 0. The van der Waals surface area contributed by atoms with Gasteiger partial charge in [-0.1, -0.05) is 65.7 Å². The van der Waals surface area contributed by atoms with E-state index in [0.717, 1.165) is 44.9 Å². The van der Waals surface area contributed by atoms with Crippen molar-refractivity contribution in [3.63, 3.8) is 0 Å². The molecule has 0 saturated carbocycles. The van der Waals surface area contributed by atoms with Gasteiger partial charge in [0.2, 0.25) is 0 Å². The molecular weight excluding hydrogens is 292 g/mol. The van der Waals surface area contributed by atoms with Crippen molar-refractivity contribution in [2.45, 2.75) is 98.3 Å². The lowest BCUT2D eigenvalue weighted by Crippen LogP contribution is -2.29. The molecular formula is C19H38O4. The quantitative estimate of drug-likeness (QED) is 0.374. The topological polar surface area (TPSA) is 63.6 Å². The van der Waals surface area contributed by atoms with Gasteiger partial charge in [0.1, 0.15) is 0 Å². The van der Waals surface area contributed by atoms with E-state index < -0.39 is 5.97 Å². The molecule has 0 aromatic heterocycles. The Morgan fingerprint density at radius 3 is 1.87 bits per heavy atom. The Balaban J connectivity index is 0. The van der Waals surface area contributed by atoms with Gasteiger partial charge in [0, 0.05) is 6.42 Å². The minimum Gasteiger partial charge on any atom is -0.481 e. The lowest BCUT2D eigenvalue weighted by Gasteiger charge is -2.25. The number of methoxy groups -OCH3 is 1. The first-order valence-corrected chi connectivity index (χ1v) is 9.18. The van der Waals surface area contributed by atoms with E-state index in [0.29, 0.717) is 6.42 Å². The van der Waals surface area contributed by atoms with Crippen molar-refractivity contribution in [3.8, 4) is 0 Å². The second-order valence-corrected chi connectivity index (χ2v) is 6.46. The van der Waals surface area contributed by atoms with Crippen LogP contribution in [0.15, 0.2) is 0 Å². The van der Waals surface area contributed by atoms with Crippen LogP contribution in [0.3, 0.4) is 0 Å². The van der Waals surface area contributed by atoms with E-state index in [-0.39, 0.29) is 11.4 Å². The van der Waals surface area contributed by atoms with E-state index in [9.17, 15) is 9.59 Å². The highest BCUT2D eigenvalue weighted by atomic mass is 16.5. The van der Waals surface area contributed by atoms with Crippen LogP contribution >= 0.6 is 0 Å². The Hall–Kier alpha value is -1.06. The fraction of sp³-hybridized carbons (Fsp3) is 0.895. The number of carboxylic acid groups (broad SMARTS) is 1. The first-order chi connectivity index (χ1) is 10.9. The third kappa shape index (κ3) is 14.3. The Morgan fingerprint density at radius 2 is 1.43 bits per heavy atom. The molecule has 0 heterocycles. The highest BCUT2D eigenvalue weighted by Crippen LogP contribution is 2.31. The molecule has 0 fully saturated rings. The molecule has 0 aliphatic carbocycles. The molecule has 1 atom stereocenters.